The molecule has 0 saturated carbocycles. The second-order valence-electron chi connectivity index (χ2n) is 8.05. The summed E-state index contributed by atoms with van der Waals surface area (Å²) in [4.78, 5) is 34.3. The topological polar surface area (TPSA) is 59.9 Å². The summed E-state index contributed by atoms with van der Waals surface area (Å²) in [7, 11) is 0. The highest BCUT2D eigenvalue weighted by Gasteiger charge is 2.17. The molecule has 164 valence electrons. The zero-order valence-electron chi connectivity index (χ0n) is 18.3. The number of hydrogen-bond acceptors (Lipinski definition) is 4. The van der Waals surface area contributed by atoms with Gasteiger partial charge in [-0.25, -0.2) is 0 Å². The summed E-state index contributed by atoms with van der Waals surface area (Å²) in [5.74, 6) is -0.516. The van der Waals surface area contributed by atoms with E-state index in [1.54, 1.807) is 18.5 Å². The molecule has 2 aromatic heterocycles. The number of halogens is 1. The van der Waals surface area contributed by atoms with Crippen molar-refractivity contribution in [2.24, 2.45) is 0 Å². The summed E-state index contributed by atoms with van der Waals surface area (Å²) in [6, 6.07) is 22.7. The molecule has 0 fully saturated rings. The van der Waals surface area contributed by atoms with E-state index < -0.39 is 0 Å². The first-order chi connectivity index (χ1) is 16.0. The number of ketones is 2. The predicted octanol–water partition coefficient (Wildman–Crippen LogP) is 6.08. The van der Waals surface area contributed by atoms with Crippen molar-refractivity contribution in [2.75, 3.05) is 0 Å². The average Bonchev–Trinajstić information content (AvgIpc) is 2.81. The number of rotatable bonds is 8. The van der Waals surface area contributed by atoms with Gasteiger partial charge in [0.05, 0.1) is 6.42 Å². The van der Waals surface area contributed by atoms with E-state index >= 15 is 0 Å². The molecule has 0 atom stereocenters. The average molecular weight is 455 g/mol. The predicted molar refractivity (Wildman–Crippen MR) is 130 cm³/mol. The number of aromatic nitrogens is 2. The molecule has 0 unspecified atom stereocenters. The van der Waals surface area contributed by atoms with Crippen LogP contribution in [0.1, 0.15) is 55.2 Å². The van der Waals surface area contributed by atoms with Crippen molar-refractivity contribution in [3.8, 4) is 0 Å². The lowest BCUT2D eigenvalue weighted by molar-refractivity contribution is 0.0891. The smallest absolute Gasteiger partial charge is 0.188 e. The highest BCUT2D eigenvalue weighted by atomic mass is 35.5. The fourth-order valence-corrected chi connectivity index (χ4v) is 3.93. The third-order valence-electron chi connectivity index (χ3n) is 5.36. The largest absolute Gasteiger partial charge is 0.294 e. The maximum Gasteiger partial charge on any atom is 0.188 e. The molecule has 4 nitrogen and oxygen atoms in total. The molecule has 0 spiro atoms. The molecule has 33 heavy (non-hydrogen) atoms. The SMILES string of the molecule is Cc1ccnc(C(=O)CC(=O)c2cc(Cc3ccccn3)cc(Cc3ccccc3Cl)c2)c1. The van der Waals surface area contributed by atoms with Gasteiger partial charge >= 0.3 is 0 Å². The lowest BCUT2D eigenvalue weighted by Crippen LogP contribution is -2.11. The second kappa shape index (κ2) is 10.3. The van der Waals surface area contributed by atoms with Crippen molar-refractivity contribution in [3.63, 3.8) is 0 Å². The van der Waals surface area contributed by atoms with Gasteiger partial charge in [-0.1, -0.05) is 41.9 Å². The summed E-state index contributed by atoms with van der Waals surface area (Å²) in [5, 5.41) is 0.682. The van der Waals surface area contributed by atoms with Crippen LogP contribution in [0, 0.1) is 6.92 Å². The van der Waals surface area contributed by atoms with Gasteiger partial charge in [0, 0.05) is 35.1 Å². The Morgan fingerprint density at radius 1 is 0.788 bits per heavy atom. The number of Topliss-reactive ketones (excluding diaryl/α,β-unsaturated/α-hetero) is 2. The van der Waals surface area contributed by atoms with Crippen LogP contribution in [0.5, 0.6) is 0 Å². The Bertz CT molecular complexity index is 1300. The van der Waals surface area contributed by atoms with Crippen LogP contribution < -0.4 is 0 Å². The van der Waals surface area contributed by atoms with Crippen LogP contribution in [0.25, 0.3) is 0 Å². The highest BCUT2D eigenvalue weighted by Crippen LogP contribution is 2.22. The lowest BCUT2D eigenvalue weighted by Gasteiger charge is -2.11. The molecule has 0 bridgehead atoms. The number of hydrogen-bond donors (Lipinski definition) is 0. The minimum absolute atomic E-state index is 0.227. The van der Waals surface area contributed by atoms with Crippen LogP contribution in [0.3, 0.4) is 0 Å². The summed E-state index contributed by atoms with van der Waals surface area (Å²) < 4.78 is 0. The molecule has 0 aliphatic heterocycles. The van der Waals surface area contributed by atoms with Crippen molar-refractivity contribution in [3.05, 3.63) is 129 Å². The minimum atomic E-state index is -0.286. The van der Waals surface area contributed by atoms with Crippen LogP contribution in [0.15, 0.2) is 85.2 Å². The molecule has 0 saturated heterocycles. The summed E-state index contributed by atoms with van der Waals surface area (Å²) >= 11 is 6.37. The number of nitrogens with zero attached hydrogens (tertiary/aromatic N) is 2. The first-order valence-corrected chi connectivity index (χ1v) is 11.1. The van der Waals surface area contributed by atoms with Crippen molar-refractivity contribution >= 4 is 23.2 Å². The molecule has 5 heteroatoms. The van der Waals surface area contributed by atoms with E-state index in [1.807, 2.05) is 67.6 Å². The maximum atomic E-state index is 13.1. The van der Waals surface area contributed by atoms with Crippen LogP contribution >= 0.6 is 11.6 Å². The molecular formula is C28H23ClN2O2. The molecule has 4 rings (SSSR count). The Balaban J connectivity index is 1.63. The molecule has 0 aliphatic carbocycles. The number of carbonyl (C=O) groups is 2. The van der Waals surface area contributed by atoms with Crippen molar-refractivity contribution in [1.82, 2.24) is 9.97 Å². The third kappa shape index (κ3) is 5.99. The summed E-state index contributed by atoms with van der Waals surface area (Å²) in [6.45, 7) is 1.89. The first-order valence-electron chi connectivity index (χ1n) is 10.7. The monoisotopic (exact) mass is 454 g/mol. The van der Waals surface area contributed by atoms with Crippen LogP contribution in [0.2, 0.25) is 5.02 Å². The van der Waals surface area contributed by atoms with E-state index in [9.17, 15) is 9.59 Å². The Morgan fingerprint density at radius 2 is 1.55 bits per heavy atom. The summed E-state index contributed by atoms with van der Waals surface area (Å²) in [5.41, 5.74) is 5.55. The number of benzene rings is 2. The summed E-state index contributed by atoms with van der Waals surface area (Å²) in [6.07, 6.45) is 4.29. The van der Waals surface area contributed by atoms with Crippen molar-refractivity contribution in [1.29, 1.82) is 0 Å². The standard InChI is InChI=1S/C28H23ClN2O2/c1-19-9-11-31-26(12-19)28(33)18-27(32)23-15-20(14-22-6-2-3-8-25(22)29)13-21(16-23)17-24-7-4-5-10-30-24/h2-13,15-16H,14,17-18H2,1H3. The van der Waals surface area contributed by atoms with Gasteiger partial charge in [-0.15, -0.1) is 0 Å². The molecule has 2 aromatic carbocycles. The molecule has 0 N–H and O–H groups in total. The van der Waals surface area contributed by atoms with Gasteiger partial charge < -0.3 is 0 Å². The van der Waals surface area contributed by atoms with Gasteiger partial charge in [0.2, 0.25) is 0 Å². The maximum absolute atomic E-state index is 13.1. The normalized spacial score (nSPS) is 10.7. The minimum Gasteiger partial charge on any atom is -0.294 e. The van der Waals surface area contributed by atoms with E-state index in [2.05, 4.69) is 16.0 Å². The number of aryl methyl sites for hydroxylation is 1. The van der Waals surface area contributed by atoms with Gasteiger partial charge in [-0.05, 0) is 78.1 Å². The van der Waals surface area contributed by atoms with E-state index in [0.29, 0.717) is 29.1 Å². The van der Waals surface area contributed by atoms with Crippen molar-refractivity contribution < 1.29 is 9.59 Å². The Kier molecular flexibility index (Phi) is 7.06. The van der Waals surface area contributed by atoms with Gasteiger partial charge in [-0.2, -0.15) is 0 Å². The van der Waals surface area contributed by atoms with Crippen LogP contribution in [-0.2, 0) is 12.8 Å². The van der Waals surface area contributed by atoms with Gasteiger partial charge in [-0.3, -0.25) is 19.6 Å². The van der Waals surface area contributed by atoms with Crippen LogP contribution in [0.4, 0.5) is 0 Å². The molecule has 0 aliphatic rings. The van der Waals surface area contributed by atoms with Gasteiger partial charge in [0.15, 0.2) is 11.6 Å². The van der Waals surface area contributed by atoms with E-state index in [0.717, 1.165) is 27.9 Å². The molecular weight excluding hydrogens is 432 g/mol. The Labute approximate surface area is 198 Å². The third-order valence-corrected chi connectivity index (χ3v) is 5.73. The Hall–Kier alpha value is -3.63. The number of carbonyl (C=O) groups excluding carboxylic acids is 2. The first kappa shape index (κ1) is 22.6. The molecule has 0 radical (unpaired) electrons. The second-order valence-corrected chi connectivity index (χ2v) is 8.45. The van der Waals surface area contributed by atoms with Crippen LogP contribution in [-0.4, -0.2) is 21.5 Å². The highest BCUT2D eigenvalue weighted by molar-refractivity contribution is 6.31. The molecule has 4 aromatic rings. The fraction of sp³-hybridized carbons (Fsp3) is 0.143. The molecule has 0 amide bonds. The zero-order chi connectivity index (χ0) is 23.2. The van der Waals surface area contributed by atoms with Crippen molar-refractivity contribution in [2.45, 2.75) is 26.2 Å². The van der Waals surface area contributed by atoms with E-state index in [1.165, 1.54) is 0 Å². The number of pyridine rings is 2. The van der Waals surface area contributed by atoms with Gasteiger partial charge in [0.1, 0.15) is 5.69 Å². The van der Waals surface area contributed by atoms with E-state index in [4.69, 9.17) is 11.6 Å². The lowest BCUT2D eigenvalue weighted by atomic mass is 9.94. The quantitative estimate of drug-likeness (QED) is 0.239. The Morgan fingerprint density at radius 3 is 2.27 bits per heavy atom. The van der Waals surface area contributed by atoms with Gasteiger partial charge in [0.25, 0.3) is 0 Å². The van der Waals surface area contributed by atoms with E-state index in [-0.39, 0.29) is 18.0 Å². The molecule has 2 heterocycles. The zero-order valence-corrected chi connectivity index (χ0v) is 19.0. The fourth-order valence-electron chi connectivity index (χ4n) is 3.73.